The first kappa shape index (κ1) is 23.9. The van der Waals surface area contributed by atoms with Crippen LogP contribution in [-0.2, 0) is 4.79 Å². The summed E-state index contributed by atoms with van der Waals surface area (Å²) in [5.74, 6) is -0.891. The maximum absolute atomic E-state index is 10.5. The van der Waals surface area contributed by atoms with E-state index in [1.807, 2.05) is 6.08 Å². The Hall–Kier alpha value is -1.17. The van der Waals surface area contributed by atoms with Crippen LogP contribution >= 0.6 is 0 Å². The summed E-state index contributed by atoms with van der Waals surface area (Å²) in [6.45, 7) is 2.13. The van der Waals surface area contributed by atoms with Gasteiger partial charge < -0.3 is 20.4 Å². The minimum absolute atomic E-state index is 0.0256. The molecule has 1 aliphatic rings. The summed E-state index contributed by atoms with van der Waals surface area (Å²) in [5, 5.41) is 39.1. The third-order valence-electron chi connectivity index (χ3n) is 5.41. The highest BCUT2D eigenvalue weighted by molar-refractivity contribution is 5.66. The first-order valence-corrected chi connectivity index (χ1v) is 10.5. The normalized spacial score (nSPS) is 27.0. The summed E-state index contributed by atoms with van der Waals surface area (Å²) in [7, 11) is 0. The van der Waals surface area contributed by atoms with Crippen LogP contribution in [0.1, 0.15) is 77.6 Å². The van der Waals surface area contributed by atoms with Gasteiger partial charge in [-0.25, -0.2) is 0 Å². The molecule has 0 radical (unpaired) electrons. The Balaban J connectivity index is 2.37. The topological polar surface area (TPSA) is 98.0 Å². The van der Waals surface area contributed by atoms with E-state index in [2.05, 4.69) is 19.1 Å². The number of carboxylic acids is 1. The summed E-state index contributed by atoms with van der Waals surface area (Å²) in [5.41, 5.74) is 0. The van der Waals surface area contributed by atoms with Crippen molar-refractivity contribution in [3.63, 3.8) is 0 Å². The molecular formula is C22H38O5. The van der Waals surface area contributed by atoms with E-state index in [1.54, 1.807) is 6.08 Å². The summed E-state index contributed by atoms with van der Waals surface area (Å²) in [6, 6.07) is 0. The smallest absolute Gasteiger partial charge is 0.303 e. The van der Waals surface area contributed by atoms with Crippen LogP contribution in [0.4, 0.5) is 0 Å². The lowest BCUT2D eigenvalue weighted by molar-refractivity contribution is -0.137. The SMILES string of the molecule is CCCCC[C@H](O)C=C[C@@H]1[C@@H](CC=CCCCCCC(=O)O)[C@@H](O)C[C@H]1O. The van der Waals surface area contributed by atoms with Crippen LogP contribution in [0.2, 0.25) is 0 Å². The second kappa shape index (κ2) is 13.9. The van der Waals surface area contributed by atoms with E-state index in [0.717, 1.165) is 44.9 Å². The molecule has 0 aromatic rings. The lowest BCUT2D eigenvalue weighted by Gasteiger charge is -2.19. The molecule has 0 unspecified atom stereocenters. The van der Waals surface area contributed by atoms with Crippen molar-refractivity contribution in [1.29, 1.82) is 0 Å². The van der Waals surface area contributed by atoms with Crippen LogP contribution in [0.15, 0.2) is 24.3 Å². The molecule has 0 saturated heterocycles. The molecule has 5 heteroatoms. The van der Waals surface area contributed by atoms with E-state index in [1.165, 1.54) is 0 Å². The average Bonchev–Trinajstić information content (AvgIpc) is 2.88. The Morgan fingerprint density at radius 1 is 1.07 bits per heavy atom. The predicted molar refractivity (Wildman–Crippen MR) is 107 cm³/mol. The first-order valence-electron chi connectivity index (χ1n) is 10.5. The number of aliphatic hydroxyl groups is 3. The van der Waals surface area contributed by atoms with Crippen LogP contribution in [0.25, 0.3) is 0 Å². The monoisotopic (exact) mass is 382 g/mol. The molecule has 0 spiro atoms. The van der Waals surface area contributed by atoms with Crippen LogP contribution in [0.3, 0.4) is 0 Å². The quantitative estimate of drug-likeness (QED) is 0.270. The molecule has 1 aliphatic carbocycles. The van der Waals surface area contributed by atoms with Crippen LogP contribution in [0.5, 0.6) is 0 Å². The van der Waals surface area contributed by atoms with Gasteiger partial charge in [-0.2, -0.15) is 0 Å². The van der Waals surface area contributed by atoms with Gasteiger partial charge in [0.05, 0.1) is 18.3 Å². The molecule has 5 nitrogen and oxygen atoms in total. The van der Waals surface area contributed by atoms with Gasteiger partial charge in [0.15, 0.2) is 0 Å². The number of aliphatic hydroxyl groups excluding tert-OH is 3. The first-order chi connectivity index (χ1) is 13.0. The molecule has 0 aliphatic heterocycles. The largest absolute Gasteiger partial charge is 0.481 e. The third-order valence-corrected chi connectivity index (χ3v) is 5.41. The zero-order valence-corrected chi connectivity index (χ0v) is 16.7. The van der Waals surface area contributed by atoms with Gasteiger partial charge in [0.25, 0.3) is 0 Å². The minimum atomic E-state index is -0.742. The number of hydrogen-bond acceptors (Lipinski definition) is 4. The molecule has 1 saturated carbocycles. The highest BCUT2D eigenvalue weighted by atomic mass is 16.4. The molecular weight excluding hydrogens is 344 g/mol. The average molecular weight is 383 g/mol. The van der Waals surface area contributed by atoms with Crippen LogP contribution in [-0.4, -0.2) is 44.7 Å². The standard InChI is InChI=1S/C22H38O5/c1-2-3-8-11-17(23)14-15-19-18(20(24)16-21(19)25)12-9-6-4-5-7-10-13-22(26)27/h6,9,14-15,17-21,23-25H,2-5,7-8,10-13,16H2,1H3,(H,26,27)/t17-,18+,19+,20-,21+/m0/s1. The van der Waals surface area contributed by atoms with Gasteiger partial charge in [0.1, 0.15) is 0 Å². The molecule has 0 amide bonds. The van der Waals surface area contributed by atoms with E-state index >= 15 is 0 Å². The molecule has 4 N–H and O–H groups in total. The van der Waals surface area contributed by atoms with Gasteiger partial charge >= 0.3 is 5.97 Å². The summed E-state index contributed by atoms with van der Waals surface area (Å²) < 4.78 is 0. The molecule has 0 aromatic heterocycles. The van der Waals surface area contributed by atoms with Crippen molar-refractivity contribution in [3.05, 3.63) is 24.3 Å². The highest BCUT2D eigenvalue weighted by Gasteiger charge is 2.39. The fourth-order valence-electron chi connectivity index (χ4n) is 3.75. The van der Waals surface area contributed by atoms with E-state index in [-0.39, 0.29) is 18.3 Å². The minimum Gasteiger partial charge on any atom is -0.481 e. The Bertz CT molecular complexity index is 460. The Morgan fingerprint density at radius 2 is 1.85 bits per heavy atom. The Labute approximate surface area is 163 Å². The summed E-state index contributed by atoms with van der Waals surface area (Å²) >= 11 is 0. The van der Waals surface area contributed by atoms with Crippen molar-refractivity contribution in [3.8, 4) is 0 Å². The molecule has 27 heavy (non-hydrogen) atoms. The van der Waals surface area contributed by atoms with Crippen molar-refractivity contribution in [1.82, 2.24) is 0 Å². The number of rotatable bonds is 14. The zero-order valence-electron chi connectivity index (χ0n) is 16.7. The number of aliphatic carboxylic acids is 1. The molecule has 5 atom stereocenters. The lowest BCUT2D eigenvalue weighted by atomic mass is 9.89. The number of carboxylic acid groups (broad SMARTS) is 1. The van der Waals surface area contributed by atoms with Gasteiger partial charge in [-0.15, -0.1) is 0 Å². The predicted octanol–water partition coefficient (Wildman–Crippen LogP) is 3.82. The van der Waals surface area contributed by atoms with Crippen molar-refractivity contribution >= 4 is 5.97 Å². The Kier molecular flexibility index (Phi) is 12.3. The van der Waals surface area contributed by atoms with Crippen molar-refractivity contribution in [2.24, 2.45) is 11.8 Å². The highest BCUT2D eigenvalue weighted by Crippen LogP contribution is 2.36. The molecule has 0 aromatic carbocycles. The van der Waals surface area contributed by atoms with E-state index in [4.69, 9.17) is 5.11 Å². The van der Waals surface area contributed by atoms with E-state index in [9.17, 15) is 20.1 Å². The van der Waals surface area contributed by atoms with Crippen LogP contribution < -0.4 is 0 Å². The van der Waals surface area contributed by atoms with Gasteiger partial charge in [-0.3, -0.25) is 4.79 Å². The summed E-state index contributed by atoms with van der Waals surface area (Å²) in [6.07, 6.45) is 15.0. The van der Waals surface area contributed by atoms with Crippen molar-refractivity contribution in [2.75, 3.05) is 0 Å². The second-order valence-corrected chi connectivity index (χ2v) is 7.76. The van der Waals surface area contributed by atoms with Gasteiger partial charge in [-0.05, 0) is 38.0 Å². The molecule has 0 heterocycles. The van der Waals surface area contributed by atoms with Gasteiger partial charge in [0.2, 0.25) is 0 Å². The van der Waals surface area contributed by atoms with E-state index in [0.29, 0.717) is 19.3 Å². The molecule has 156 valence electrons. The maximum atomic E-state index is 10.5. The zero-order chi connectivity index (χ0) is 20.1. The number of allylic oxidation sites excluding steroid dienone is 2. The lowest BCUT2D eigenvalue weighted by Crippen LogP contribution is -2.20. The molecule has 0 bridgehead atoms. The third kappa shape index (κ3) is 10.1. The fourth-order valence-corrected chi connectivity index (χ4v) is 3.75. The van der Waals surface area contributed by atoms with E-state index < -0.39 is 24.3 Å². The van der Waals surface area contributed by atoms with Crippen molar-refractivity contribution in [2.45, 2.75) is 95.9 Å². The number of carbonyl (C=O) groups is 1. The van der Waals surface area contributed by atoms with Gasteiger partial charge in [0, 0.05) is 18.8 Å². The summed E-state index contributed by atoms with van der Waals surface area (Å²) in [4.78, 5) is 10.5. The maximum Gasteiger partial charge on any atom is 0.303 e. The fraction of sp³-hybridized carbons (Fsp3) is 0.773. The van der Waals surface area contributed by atoms with Gasteiger partial charge in [-0.1, -0.05) is 56.9 Å². The number of hydrogen-bond donors (Lipinski definition) is 4. The molecule has 1 fully saturated rings. The molecule has 1 rings (SSSR count). The second-order valence-electron chi connectivity index (χ2n) is 7.76. The Morgan fingerprint density at radius 3 is 2.56 bits per heavy atom. The number of unbranched alkanes of at least 4 members (excludes halogenated alkanes) is 5. The van der Waals surface area contributed by atoms with Crippen molar-refractivity contribution < 1.29 is 25.2 Å². The van der Waals surface area contributed by atoms with Crippen LogP contribution in [0, 0.1) is 11.8 Å².